The number of aromatic nitrogens is 4. The lowest BCUT2D eigenvalue weighted by Gasteiger charge is -2.32. The van der Waals surface area contributed by atoms with Crippen molar-refractivity contribution >= 4 is 22.5 Å². The van der Waals surface area contributed by atoms with E-state index < -0.39 is 0 Å². The summed E-state index contributed by atoms with van der Waals surface area (Å²) in [5.41, 5.74) is 9.22. The van der Waals surface area contributed by atoms with E-state index in [1.807, 2.05) is 9.42 Å². The zero-order chi connectivity index (χ0) is 24.8. The van der Waals surface area contributed by atoms with Crippen molar-refractivity contribution in [3.8, 4) is 17.3 Å². The molecule has 36 heavy (non-hydrogen) atoms. The Bertz CT molecular complexity index is 1500. The Morgan fingerprint density at radius 1 is 1.25 bits per heavy atom. The van der Waals surface area contributed by atoms with Crippen LogP contribution in [0.1, 0.15) is 73.6 Å². The number of pyridine rings is 1. The topological polar surface area (TPSA) is 99.3 Å². The number of hydrogen-bond donors (Lipinski definition) is 1. The predicted octanol–water partition coefficient (Wildman–Crippen LogP) is 5.04. The number of hydrogen-bond acceptors (Lipinski definition) is 5. The molecule has 4 aromatic rings. The van der Waals surface area contributed by atoms with E-state index in [-0.39, 0.29) is 5.91 Å². The van der Waals surface area contributed by atoms with Crippen molar-refractivity contribution in [2.24, 2.45) is 0 Å². The Balaban J connectivity index is 1.36. The summed E-state index contributed by atoms with van der Waals surface area (Å²) in [5, 5.41) is 14.4. The van der Waals surface area contributed by atoms with Crippen LogP contribution >= 0.6 is 0 Å². The van der Waals surface area contributed by atoms with Crippen LogP contribution in [0.15, 0.2) is 30.7 Å². The molecule has 5 heterocycles. The van der Waals surface area contributed by atoms with Gasteiger partial charge in [0, 0.05) is 54.2 Å². The Hall–Kier alpha value is -3.70. The van der Waals surface area contributed by atoms with E-state index in [0.29, 0.717) is 37.9 Å². The molecule has 0 aliphatic carbocycles. The van der Waals surface area contributed by atoms with Crippen LogP contribution in [0, 0.1) is 11.3 Å². The van der Waals surface area contributed by atoms with Crippen LogP contribution in [0.3, 0.4) is 0 Å². The van der Waals surface area contributed by atoms with Gasteiger partial charge in [0.1, 0.15) is 6.33 Å². The van der Waals surface area contributed by atoms with Crippen molar-refractivity contribution in [3.05, 3.63) is 53.0 Å². The molecule has 0 bridgehead atoms. The van der Waals surface area contributed by atoms with Gasteiger partial charge in [-0.2, -0.15) is 10.4 Å². The Kier molecular flexibility index (Phi) is 5.73. The molecule has 1 aromatic carbocycles. The number of carbonyl (C=O) groups is 1. The second kappa shape index (κ2) is 9.07. The van der Waals surface area contributed by atoms with Crippen LogP contribution in [0.4, 0.5) is 0 Å². The summed E-state index contributed by atoms with van der Waals surface area (Å²) < 4.78 is 7.69. The van der Waals surface area contributed by atoms with Crippen LogP contribution in [0.5, 0.6) is 0 Å². The third-order valence-corrected chi connectivity index (χ3v) is 7.76. The SMILES string of the molecule is CC(C)c1c(-c2cn3ncnc3c3c2COC3)[nH]c2ccc(C3CCN(C(=O)CCC#N)CC3)cc12. The third kappa shape index (κ3) is 3.75. The minimum absolute atomic E-state index is 0.101. The summed E-state index contributed by atoms with van der Waals surface area (Å²) in [6, 6.07) is 8.87. The number of piperidine rings is 1. The summed E-state index contributed by atoms with van der Waals surface area (Å²) in [5.74, 6) is 0.855. The van der Waals surface area contributed by atoms with E-state index in [1.165, 1.54) is 22.1 Å². The highest BCUT2D eigenvalue weighted by atomic mass is 16.5. The summed E-state index contributed by atoms with van der Waals surface area (Å²) in [6.45, 7) is 7.14. The molecule has 1 amide bonds. The van der Waals surface area contributed by atoms with Gasteiger partial charge in [0.2, 0.25) is 5.91 Å². The van der Waals surface area contributed by atoms with Gasteiger partial charge in [0.25, 0.3) is 0 Å². The van der Waals surface area contributed by atoms with Crippen molar-refractivity contribution in [3.63, 3.8) is 0 Å². The molecule has 0 radical (unpaired) electrons. The minimum Gasteiger partial charge on any atom is -0.372 e. The van der Waals surface area contributed by atoms with E-state index in [9.17, 15) is 4.79 Å². The lowest BCUT2D eigenvalue weighted by molar-refractivity contribution is -0.132. The fraction of sp³-hybridized carbons (Fsp3) is 0.429. The average molecular weight is 483 g/mol. The predicted molar refractivity (Wildman–Crippen MR) is 136 cm³/mol. The van der Waals surface area contributed by atoms with E-state index in [0.717, 1.165) is 53.9 Å². The van der Waals surface area contributed by atoms with Crippen LogP contribution in [0.2, 0.25) is 0 Å². The van der Waals surface area contributed by atoms with E-state index in [2.05, 4.69) is 59.4 Å². The molecule has 0 unspecified atom stereocenters. The van der Waals surface area contributed by atoms with Crippen molar-refractivity contribution in [1.29, 1.82) is 5.26 Å². The molecule has 1 saturated heterocycles. The first-order valence-electron chi connectivity index (χ1n) is 12.8. The second-order valence-corrected chi connectivity index (χ2v) is 10.2. The smallest absolute Gasteiger partial charge is 0.223 e. The third-order valence-electron chi connectivity index (χ3n) is 7.76. The van der Waals surface area contributed by atoms with Gasteiger partial charge in [-0.3, -0.25) is 4.79 Å². The number of nitriles is 1. The molecule has 1 fully saturated rings. The number of aromatic amines is 1. The minimum atomic E-state index is 0.101. The highest BCUT2D eigenvalue weighted by Gasteiger charge is 2.27. The number of benzene rings is 1. The number of likely N-dealkylation sites (tertiary alicyclic amines) is 1. The van der Waals surface area contributed by atoms with Crippen molar-refractivity contribution in [2.45, 2.75) is 64.6 Å². The van der Waals surface area contributed by atoms with E-state index in [4.69, 9.17) is 10.00 Å². The molecule has 0 spiro atoms. The zero-order valence-corrected chi connectivity index (χ0v) is 20.8. The molecule has 2 aliphatic heterocycles. The Labute approximate surface area is 209 Å². The van der Waals surface area contributed by atoms with Gasteiger partial charge in [-0.1, -0.05) is 19.9 Å². The molecule has 3 aromatic heterocycles. The van der Waals surface area contributed by atoms with Gasteiger partial charge in [-0.05, 0) is 53.5 Å². The zero-order valence-electron chi connectivity index (χ0n) is 20.8. The van der Waals surface area contributed by atoms with Crippen LogP contribution < -0.4 is 0 Å². The van der Waals surface area contributed by atoms with Gasteiger partial charge in [-0.15, -0.1) is 0 Å². The molecule has 8 heteroatoms. The standard InChI is InChI=1S/C28H30N6O2/c1-17(2)26-20-12-19(18-7-10-33(11-8-18)25(35)4-3-9-29)5-6-24(20)32-27(26)21-13-34-28(30-16-31-34)23-15-36-14-22(21)23/h5-6,12-13,16-18,32H,3-4,7-8,10-11,14-15H2,1-2H3. The lowest BCUT2D eigenvalue weighted by Crippen LogP contribution is -2.37. The number of ether oxygens (including phenoxy) is 1. The fourth-order valence-electron chi connectivity index (χ4n) is 5.93. The molecule has 0 saturated carbocycles. The number of rotatable bonds is 5. The second-order valence-electron chi connectivity index (χ2n) is 10.2. The lowest BCUT2D eigenvalue weighted by atomic mass is 9.87. The molecule has 8 nitrogen and oxygen atoms in total. The van der Waals surface area contributed by atoms with Crippen LogP contribution in [-0.2, 0) is 22.7 Å². The molecule has 2 aliphatic rings. The van der Waals surface area contributed by atoms with Gasteiger partial charge in [0.05, 0.1) is 25.0 Å². The van der Waals surface area contributed by atoms with Gasteiger partial charge in [0.15, 0.2) is 5.65 Å². The summed E-state index contributed by atoms with van der Waals surface area (Å²) in [4.78, 5) is 22.4. The van der Waals surface area contributed by atoms with Gasteiger partial charge < -0.3 is 14.6 Å². The normalized spacial score (nSPS) is 16.2. The average Bonchev–Trinajstić information content (AvgIpc) is 3.63. The van der Waals surface area contributed by atoms with Crippen LogP contribution in [0.25, 0.3) is 27.8 Å². The molecule has 6 rings (SSSR count). The quantitative estimate of drug-likeness (QED) is 0.430. The number of nitrogens with zero attached hydrogens (tertiary/aromatic N) is 5. The molecule has 184 valence electrons. The number of nitrogens with one attached hydrogen (secondary N) is 1. The summed E-state index contributed by atoms with van der Waals surface area (Å²) in [6.07, 6.45) is 6.19. The van der Waals surface area contributed by atoms with Crippen molar-refractivity contribution in [2.75, 3.05) is 13.1 Å². The number of fused-ring (bicyclic) bond motifs is 4. The fourth-order valence-corrected chi connectivity index (χ4v) is 5.93. The van der Waals surface area contributed by atoms with Gasteiger partial charge >= 0.3 is 0 Å². The first-order valence-corrected chi connectivity index (χ1v) is 12.8. The Morgan fingerprint density at radius 3 is 2.83 bits per heavy atom. The summed E-state index contributed by atoms with van der Waals surface area (Å²) >= 11 is 0. The maximum atomic E-state index is 12.3. The number of H-pyrrole nitrogens is 1. The van der Waals surface area contributed by atoms with Crippen LogP contribution in [-0.4, -0.2) is 43.5 Å². The van der Waals surface area contributed by atoms with Gasteiger partial charge in [-0.25, -0.2) is 9.50 Å². The highest BCUT2D eigenvalue weighted by molar-refractivity contribution is 5.93. The summed E-state index contributed by atoms with van der Waals surface area (Å²) in [7, 11) is 0. The van der Waals surface area contributed by atoms with E-state index in [1.54, 1.807) is 6.33 Å². The number of amides is 1. The molecule has 1 N–H and O–H groups in total. The number of carbonyl (C=O) groups excluding carboxylic acids is 1. The van der Waals surface area contributed by atoms with Crippen molar-refractivity contribution in [1.82, 2.24) is 24.5 Å². The van der Waals surface area contributed by atoms with E-state index >= 15 is 0 Å². The first-order chi connectivity index (χ1) is 17.5. The molecular weight excluding hydrogens is 452 g/mol. The maximum absolute atomic E-state index is 12.3. The largest absolute Gasteiger partial charge is 0.372 e. The van der Waals surface area contributed by atoms with Crippen molar-refractivity contribution < 1.29 is 9.53 Å². The molecular formula is C28H30N6O2. The molecule has 0 atom stereocenters. The monoisotopic (exact) mass is 482 g/mol. The highest BCUT2D eigenvalue weighted by Crippen LogP contribution is 2.41. The first kappa shape index (κ1) is 22.7. The maximum Gasteiger partial charge on any atom is 0.223 e. The Morgan fingerprint density at radius 2 is 2.06 bits per heavy atom.